The summed E-state index contributed by atoms with van der Waals surface area (Å²) in [6, 6.07) is 12.0. The predicted octanol–water partition coefficient (Wildman–Crippen LogP) is 3.48. The molecule has 0 heterocycles. The largest absolute Gasteiger partial charge is 0.326 e. The van der Waals surface area contributed by atoms with Gasteiger partial charge in [0.1, 0.15) is 6.04 Å². The van der Waals surface area contributed by atoms with E-state index in [1.807, 2.05) is 0 Å². The van der Waals surface area contributed by atoms with Gasteiger partial charge in [0, 0.05) is 23.3 Å². The van der Waals surface area contributed by atoms with E-state index >= 15 is 0 Å². The molecule has 2 amide bonds. The van der Waals surface area contributed by atoms with Crippen molar-refractivity contribution in [2.24, 2.45) is 0 Å². The Hall–Kier alpha value is -2.58. The monoisotopic (exact) mass is 423 g/mol. The number of carbonyl (C=O) groups is 2. The molecule has 7 nitrogen and oxygen atoms in total. The van der Waals surface area contributed by atoms with Crippen LogP contribution in [0, 0.1) is 0 Å². The van der Waals surface area contributed by atoms with Crippen LogP contribution in [-0.2, 0) is 19.6 Å². The lowest BCUT2D eigenvalue weighted by atomic mass is 10.1. The number of nitrogens with one attached hydrogen (secondary N) is 2. The van der Waals surface area contributed by atoms with Crippen molar-refractivity contribution in [2.45, 2.75) is 26.3 Å². The van der Waals surface area contributed by atoms with E-state index < -0.39 is 22.0 Å². The van der Waals surface area contributed by atoms with E-state index in [1.54, 1.807) is 49.4 Å². The number of halogens is 1. The van der Waals surface area contributed by atoms with Crippen molar-refractivity contribution in [2.75, 3.05) is 21.2 Å². The molecule has 0 unspecified atom stereocenters. The molecule has 2 N–H and O–H groups in total. The number of benzene rings is 2. The van der Waals surface area contributed by atoms with Crippen LogP contribution < -0.4 is 14.9 Å². The van der Waals surface area contributed by atoms with Crippen LogP contribution >= 0.6 is 11.6 Å². The highest BCUT2D eigenvalue weighted by Crippen LogP contribution is 2.26. The minimum absolute atomic E-state index is 0.237. The Morgan fingerprint density at radius 2 is 1.68 bits per heavy atom. The fourth-order valence-corrected chi connectivity index (χ4v) is 4.17. The number of nitrogens with zero attached hydrogens (tertiary/aromatic N) is 1. The van der Waals surface area contributed by atoms with Gasteiger partial charge in [-0.15, -0.1) is 0 Å². The molecule has 0 saturated heterocycles. The smallest absolute Gasteiger partial charge is 0.248 e. The summed E-state index contributed by atoms with van der Waals surface area (Å²) in [6.07, 6.45) is 1.29. The van der Waals surface area contributed by atoms with Gasteiger partial charge in [-0.1, -0.05) is 30.7 Å². The number of hydrogen-bond acceptors (Lipinski definition) is 4. The molecule has 9 heteroatoms. The quantitative estimate of drug-likeness (QED) is 0.712. The van der Waals surface area contributed by atoms with E-state index in [9.17, 15) is 18.0 Å². The standard InChI is InChI=1S/C19H22ClN3O4S/c1-4-18(23(28(3,26)27)17-10-5-7-14(20)11-17)19(25)22-16-9-6-8-15(12-16)21-13(2)24/h5-12,18H,4H2,1-3H3,(H,21,24)(H,22,25)/t18-/m1/s1. The Morgan fingerprint density at radius 1 is 1.07 bits per heavy atom. The summed E-state index contributed by atoms with van der Waals surface area (Å²) < 4.78 is 25.9. The van der Waals surface area contributed by atoms with Crippen molar-refractivity contribution in [3.8, 4) is 0 Å². The molecule has 0 spiro atoms. The van der Waals surface area contributed by atoms with Crippen molar-refractivity contribution in [1.82, 2.24) is 0 Å². The van der Waals surface area contributed by atoms with Crippen LogP contribution in [0.25, 0.3) is 0 Å². The zero-order chi connectivity index (χ0) is 20.9. The lowest BCUT2D eigenvalue weighted by Crippen LogP contribution is -2.47. The molecule has 0 radical (unpaired) electrons. The van der Waals surface area contributed by atoms with Crippen LogP contribution in [0.1, 0.15) is 20.3 Å². The lowest BCUT2D eigenvalue weighted by molar-refractivity contribution is -0.117. The lowest BCUT2D eigenvalue weighted by Gasteiger charge is -2.30. The highest BCUT2D eigenvalue weighted by Gasteiger charge is 2.31. The second kappa shape index (κ2) is 9.07. The summed E-state index contributed by atoms with van der Waals surface area (Å²) in [6.45, 7) is 3.11. The minimum Gasteiger partial charge on any atom is -0.326 e. The molecule has 1 atom stereocenters. The Morgan fingerprint density at radius 3 is 2.21 bits per heavy atom. The minimum atomic E-state index is -3.75. The molecule has 0 aromatic heterocycles. The first-order valence-electron chi connectivity index (χ1n) is 8.55. The first-order valence-corrected chi connectivity index (χ1v) is 10.8. The SMILES string of the molecule is CC[C@H](C(=O)Nc1cccc(NC(C)=O)c1)N(c1cccc(Cl)c1)S(C)(=O)=O. The van der Waals surface area contributed by atoms with E-state index in [-0.39, 0.29) is 12.3 Å². The zero-order valence-corrected chi connectivity index (χ0v) is 17.3. The summed E-state index contributed by atoms with van der Waals surface area (Å²) in [5, 5.41) is 5.71. The molecule has 0 fully saturated rings. The normalized spacial score (nSPS) is 12.1. The fourth-order valence-electron chi connectivity index (χ4n) is 2.78. The van der Waals surface area contributed by atoms with Gasteiger partial charge < -0.3 is 10.6 Å². The van der Waals surface area contributed by atoms with Crippen molar-refractivity contribution >= 4 is 50.5 Å². The Balaban J connectivity index is 2.33. The van der Waals surface area contributed by atoms with Gasteiger partial charge >= 0.3 is 0 Å². The summed E-state index contributed by atoms with van der Waals surface area (Å²) in [5.74, 6) is -0.730. The van der Waals surface area contributed by atoms with Crippen LogP contribution in [0.3, 0.4) is 0 Å². The van der Waals surface area contributed by atoms with Gasteiger partial charge in [-0.3, -0.25) is 13.9 Å². The van der Waals surface area contributed by atoms with E-state index in [0.29, 0.717) is 22.1 Å². The number of anilines is 3. The highest BCUT2D eigenvalue weighted by atomic mass is 35.5. The molecule has 2 aromatic rings. The van der Waals surface area contributed by atoms with E-state index in [4.69, 9.17) is 11.6 Å². The molecule has 0 aliphatic heterocycles. The highest BCUT2D eigenvalue weighted by molar-refractivity contribution is 7.92. The number of rotatable bonds is 7. The first-order chi connectivity index (χ1) is 13.1. The predicted molar refractivity (Wildman–Crippen MR) is 112 cm³/mol. The van der Waals surface area contributed by atoms with Crippen molar-refractivity contribution in [1.29, 1.82) is 0 Å². The summed E-state index contributed by atoms with van der Waals surface area (Å²) in [7, 11) is -3.75. The van der Waals surface area contributed by atoms with Crippen LogP contribution in [0.2, 0.25) is 5.02 Å². The third-order valence-corrected chi connectivity index (χ3v) is 5.26. The Kier molecular flexibility index (Phi) is 7.04. The zero-order valence-electron chi connectivity index (χ0n) is 15.8. The summed E-state index contributed by atoms with van der Waals surface area (Å²) in [4.78, 5) is 24.1. The van der Waals surface area contributed by atoms with Crippen LogP contribution in [0.4, 0.5) is 17.1 Å². The Labute approximate surface area is 169 Å². The van der Waals surface area contributed by atoms with Gasteiger partial charge in [-0.05, 0) is 42.8 Å². The second-order valence-corrected chi connectivity index (χ2v) is 8.51. The van der Waals surface area contributed by atoms with Gasteiger partial charge in [0.25, 0.3) is 0 Å². The van der Waals surface area contributed by atoms with E-state index in [1.165, 1.54) is 13.0 Å². The van der Waals surface area contributed by atoms with Crippen LogP contribution in [0.5, 0.6) is 0 Å². The maximum atomic E-state index is 12.9. The maximum absolute atomic E-state index is 12.9. The van der Waals surface area contributed by atoms with E-state index in [2.05, 4.69) is 10.6 Å². The van der Waals surface area contributed by atoms with Gasteiger partial charge in [0.2, 0.25) is 21.8 Å². The Bertz CT molecular complexity index is 979. The van der Waals surface area contributed by atoms with Crippen LogP contribution in [0.15, 0.2) is 48.5 Å². The molecule has 2 rings (SSSR count). The molecule has 0 saturated carbocycles. The van der Waals surface area contributed by atoms with Gasteiger partial charge in [0.05, 0.1) is 11.9 Å². The molecular formula is C19H22ClN3O4S. The maximum Gasteiger partial charge on any atom is 0.248 e. The number of carbonyl (C=O) groups excluding carboxylic acids is 2. The summed E-state index contributed by atoms with van der Waals surface area (Å²) >= 11 is 6.00. The molecule has 150 valence electrons. The summed E-state index contributed by atoms with van der Waals surface area (Å²) in [5.41, 5.74) is 1.27. The average molecular weight is 424 g/mol. The molecular weight excluding hydrogens is 402 g/mol. The first kappa shape index (κ1) is 21.7. The number of amides is 2. The number of sulfonamides is 1. The average Bonchev–Trinajstić information content (AvgIpc) is 2.58. The third kappa shape index (κ3) is 5.71. The topological polar surface area (TPSA) is 95.6 Å². The second-order valence-electron chi connectivity index (χ2n) is 6.21. The molecule has 2 aromatic carbocycles. The van der Waals surface area contributed by atoms with Crippen LogP contribution in [-0.4, -0.2) is 32.5 Å². The van der Waals surface area contributed by atoms with Crippen molar-refractivity contribution in [3.63, 3.8) is 0 Å². The van der Waals surface area contributed by atoms with Gasteiger partial charge in [-0.2, -0.15) is 0 Å². The van der Waals surface area contributed by atoms with E-state index in [0.717, 1.165) is 10.6 Å². The van der Waals surface area contributed by atoms with Crippen molar-refractivity contribution < 1.29 is 18.0 Å². The molecule has 0 bridgehead atoms. The van der Waals surface area contributed by atoms with Crippen molar-refractivity contribution in [3.05, 3.63) is 53.6 Å². The fraction of sp³-hybridized carbons (Fsp3) is 0.263. The molecule has 28 heavy (non-hydrogen) atoms. The third-order valence-electron chi connectivity index (χ3n) is 3.84. The molecule has 0 aliphatic carbocycles. The molecule has 0 aliphatic rings. The number of hydrogen-bond donors (Lipinski definition) is 2. The van der Waals surface area contributed by atoms with Gasteiger partial charge in [-0.25, -0.2) is 8.42 Å². The van der Waals surface area contributed by atoms with Gasteiger partial charge in [0.15, 0.2) is 0 Å².